The molecule has 1 heterocycles. The van der Waals surface area contributed by atoms with Gasteiger partial charge in [-0.3, -0.25) is 4.79 Å². The molecular formula is C19H29N3O3. The smallest absolute Gasteiger partial charge is 0.409 e. The summed E-state index contributed by atoms with van der Waals surface area (Å²) < 4.78 is 5.34. The van der Waals surface area contributed by atoms with Crippen LogP contribution in [-0.2, 0) is 16.1 Å². The number of hydrogen-bond donors (Lipinski definition) is 1. The van der Waals surface area contributed by atoms with Gasteiger partial charge in [0.25, 0.3) is 0 Å². The number of amides is 2. The number of likely N-dealkylation sites (N-methyl/N-ethyl adjacent to an activating group) is 1. The number of carbonyl (C=O) groups excluding carboxylic acids is 2. The summed E-state index contributed by atoms with van der Waals surface area (Å²) in [5.74, 6) is 0.0749. The second-order valence-corrected chi connectivity index (χ2v) is 7.02. The fraction of sp³-hybridized carbons (Fsp3) is 0.579. The molecule has 2 N–H and O–H groups in total. The molecule has 6 heteroatoms. The average molecular weight is 347 g/mol. The lowest BCUT2D eigenvalue weighted by molar-refractivity contribution is -0.134. The Morgan fingerprint density at radius 2 is 2.00 bits per heavy atom. The third-order valence-corrected chi connectivity index (χ3v) is 4.67. The molecule has 0 aromatic heterocycles. The molecule has 6 nitrogen and oxygen atoms in total. The van der Waals surface area contributed by atoms with Gasteiger partial charge in [-0.15, -0.1) is 0 Å². The second kappa shape index (κ2) is 8.85. The Labute approximate surface area is 149 Å². The van der Waals surface area contributed by atoms with Crippen molar-refractivity contribution < 1.29 is 14.3 Å². The molecule has 0 radical (unpaired) electrons. The van der Waals surface area contributed by atoms with Gasteiger partial charge in [-0.1, -0.05) is 44.2 Å². The van der Waals surface area contributed by atoms with Crippen molar-refractivity contribution in [2.24, 2.45) is 11.7 Å². The molecular weight excluding hydrogens is 318 g/mol. The van der Waals surface area contributed by atoms with E-state index in [2.05, 4.69) is 0 Å². The predicted molar refractivity (Wildman–Crippen MR) is 96.8 cm³/mol. The van der Waals surface area contributed by atoms with Gasteiger partial charge in [0, 0.05) is 26.2 Å². The fourth-order valence-electron chi connectivity index (χ4n) is 3.01. The maximum Gasteiger partial charge on any atom is 0.409 e. The van der Waals surface area contributed by atoms with E-state index in [1.165, 1.54) is 0 Å². The summed E-state index contributed by atoms with van der Waals surface area (Å²) >= 11 is 0. The Hall–Kier alpha value is -2.08. The van der Waals surface area contributed by atoms with Crippen molar-refractivity contribution in [1.82, 2.24) is 9.80 Å². The molecule has 0 aliphatic carbocycles. The van der Waals surface area contributed by atoms with Gasteiger partial charge in [-0.2, -0.15) is 0 Å². The molecule has 0 saturated carbocycles. The summed E-state index contributed by atoms with van der Waals surface area (Å²) in [7, 11) is 1.71. The lowest BCUT2D eigenvalue weighted by Gasteiger charge is -2.31. The molecule has 1 fully saturated rings. The lowest BCUT2D eigenvalue weighted by Crippen LogP contribution is -2.51. The molecule has 0 bridgehead atoms. The van der Waals surface area contributed by atoms with Crippen LogP contribution in [0.1, 0.15) is 32.3 Å². The number of hydrogen-bond acceptors (Lipinski definition) is 4. The van der Waals surface area contributed by atoms with Crippen LogP contribution < -0.4 is 5.73 Å². The van der Waals surface area contributed by atoms with E-state index >= 15 is 0 Å². The van der Waals surface area contributed by atoms with Gasteiger partial charge in [0.05, 0.1) is 6.04 Å². The average Bonchev–Trinajstić information content (AvgIpc) is 3.07. The molecule has 25 heavy (non-hydrogen) atoms. The van der Waals surface area contributed by atoms with Crippen LogP contribution in [0.2, 0.25) is 0 Å². The topological polar surface area (TPSA) is 75.9 Å². The van der Waals surface area contributed by atoms with Crippen LogP contribution in [0, 0.1) is 5.92 Å². The first-order chi connectivity index (χ1) is 11.9. The zero-order valence-electron chi connectivity index (χ0n) is 15.4. The predicted octanol–water partition coefficient (Wildman–Crippen LogP) is 2.23. The standard InChI is InChI=1S/C19H29N3O3/c1-14(2)17(20)18(23)22-11-7-10-16(22)12-21(3)19(24)25-13-15-8-5-4-6-9-15/h4-6,8-9,14,16-17H,7,10-13,20H2,1-3H3/t16-,17+/m1/s1. The maximum atomic E-state index is 12.5. The van der Waals surface area contributed by atoms with Crippen LogP contribution in [0.25, 0.3) is 0 Å². The molecule has 138 valence electrons. The minimum Gasteiger partial charge on any atom is -0.445 e. The lowest BCUT2D eigenvalue weighted by atomic mass is 10.0. The third kappa shape index (κ3) is 5.19. The highest BCUT2D eigenvalue weighted by Gasteiger charge is 2.34. The summed E-state index contributed by atoms with van der Waals surface area (Å²) in [5, 5.41) is 0. The number of nitrogens with zero attached hydrogens (tertiary/aromatic N) is 2. The van der Waals surface area contributed by atoms with Gasteiger partial charge in [0.15, 0.2) is 0 Å². The Morgan fingerprint density at radius 3 is 2.64 bits per heavy atom. The summed E-state index contributed by atoms with van der Waals surface area (Å²) in [6.07, 6.45) is 1.44. The molecule has 2 amide bonds. The Morgan fingerprint density at radius 1 is 1.32 bits per heavy atom. The van der Waals surface area contributed by atoms with E-state index in [1.54, 1.807) is 11.9 Å². The molecule has 1 saturated heterocycles. The fourth-order valence-corrected chi connectivity index (χ4v) is 3.01. The van der Waals surface area contributed by atoms with E-state index in [0.717, 1.165) is 18.4 Å². The first-order valence-corrected chi connectivity index (χ1v) is 8.88. The van der Waals surface area contributed by atoms with Crippen molar-refractivity contribution in [2.45, 2.75) is 45.4 Å². The molecule has 1 aromatic rings. The summed E-state index contributed by atoms with van der Waals surface area (Å²) in [6, 6.07) is 9.09. The highest BCUT2D eigenvalue weighted by Crippen LogP contribution is 2.20. The van der Waals surface area contributed by atoms with Crippen molar-refractivity contribution in [1.29, 1.82) is 0 Å². The molecule has 1 aromatic carbocycles. The number of benzene rings is 1. The van der Waals surface area contributed by atoms with Crippen molar-refractivity contribution >= 4 is 12.0 Å². The van der Waals surface area contributed by atoms with Crippen LogP contribution >= 0.6 is 0 Å². The quantitative estimate of drug-likeness (QED) is 0.856. The Balaban J connectivity index is 1.86. The van der Waals surface area contributed by atoms with Crippen molar-refractivity contribution in [3.63, 3.8) is 0 Å². The van der Waals surface area contributed by atoms with Crippen LogP contribution in [0.3, 0.4) is 0 Å². The summed E-state index contributed by atoms with van der Waals surface area (Å²) in [4.78, 5) is 28.1. The zero-order chi connectivity index (χ0) is 18.4. The van der Waals surface area contributed by atoms with Crippen molar-refractivity contribution in [3.8, 4) is 0 Å². The van der Waals surface area contributed by atoms with Gasteiger partial charge >= 0.3 is 6.09 Å². The minimum atomic E-state index is -0.490. The number of nitrogens with two attached hydrogens (primary N) is 1. The normalized spacial score (nSPS) is 18.3. The molecule has 2 rings (SSSR count). The van der Waals surface area contributed by atoms with Crippen LogP contribution in [0.4, 0.5) is 4.79 Å². The van der Waals surface area contributed by atoms with Gasteiger partial charge in [0.1, 0.15) is 6.61 Å². The number of ether oxygens (including phenoxy) is 1. The second-order valence-electron chi connectivity index (χ2n) is 7.02. The van der Waals surface area contributed by atoms with Gasteiger partial charge < -0.3 is 20.3 Å². The highest BCUT2D eigenvalue weighted by molar-refractivity contribution is 5.82. The van der Waals surface area contributed by atoms with Gasteiger partial charge in [-0.05, 0) is 24.3 Å². The van der Waals surface area contributed by atoms with Gasteiger partial charge in [0.2, 0.25) is 5.91 Å². The van der Waals surface area contributed by atoms with E-state index in [1.807, 2.05) is 49.1 Å². The first-order valence-electron chi connectivity index (χ1n) is 8.88. The summed E-state index contributed by atoms with van der Waals surface area (Å²) in [5.41, 5.74) is 6.96. The van der Waals surface area contributed by atoms with Crippen LogP contribution in [-0.4, -0.2) is 54.0 Å². The molecule has 0 unspecified atom stereocenters. The highest BCUT2D eigenvalue weighted by atomic mass is 16.6. The monoisotopic (exact) mass is 347 g/mol. The van der Waals surface area contributed by atoms with Crippen LogP contribution in [0.5, 0.6) is 0 Å². The maximum absolute atomic E-state index is 12.5. The number of rotatable bonds is 6. The van der Waals surface area contributed by atoms with E-state index < -0.39 is 6.04 Å². The van der Waals surface area contributed by atoms with E-state index in [4.69, 9.17) is 10.5 Å². The molecule has 2 atom stereocenters. The number of carbonyl (C=O) groups is 2. The van der Waals surface area contributed by atoms with E-state index in [9.17, 15) is 9.59 Å². The van der Waals surface area contributed by atoms with Crippen LogP contribution in [0.15, 0.2) is 30.3 Å². The zero-order valence-corrected chi connectivity index (χ0v) is 15.4. The third-order valence-electron chi connectivity index (χ3n) is 4.67. The van der Waals surface area contributed by atoms with E-state index in [0.29, 0.717) is 13.1 Å². The molecule has 1 aliphatic rings. The SMILES string of the molecule is CC(C)[C@H](N)C(=O)N1CCC[C@@H]1CN(C)C(=O)OCc1ccccc1. The first kappa shape index (κ1) is 19.2. The largest absolute Gasteiger partial charge is 0.445 e. The molecule has 0 spiro atoms. The minimum absolute atomic E-state index is 0.00609. The Kier molecular flexibility index (Phi) is 6.82. The van der Waals surface area contributed by atoms with E-state index in [-0.39, 0.29) is 30.6 Å². The Bertz CT molecular complexity index is 577. The number of likely N-dealkylation sites (tertiary alicyclic amines) is 1. The summed E-state index contributed by atoms with van der Waals surface area (Å²) in [6.45, 7) is 5.30. The van der Waals surface area contributed by atoms with Gasteiger partial charge in [-0.25, -0.2) is 4.79 Å². The van der Waals surface area contributed by atoms with Crippen molar-refractivity contribution in [3.05, 3.63) is 35.9 Å². The molecule has 1 aliphatic heterocycles. The van der Waals surface area contributed by atoms with Crippen molar-refractivity contribution in [2.75, 3.05) is 20.1 Å².